The first kappa shape index (κ1) is 12.6. The van der Waals surface area contributed by atoms with Crippen LogP contribution in [-0.4, -0.2) is 17.5 Å². The van der Waals surface area contributed by atoms with Crippen LogP contribution >= 0.6 is 11.8 Å². The van der Waals surface area contributed by atoms with E-state index >= 15 is 0 Å². The van der Waals surface area contributed by atoms with Crippen molar-refractivity contribution in [3.63, 3.8) is 0 Å². The second kappa shape index (κ2) is 6.16. The van der Waals surface area contributed by atoms with Crippen LogP contribution in [0, 0.1) is 5.92 Å². The van der Waals surface area contributed by atoms with Crippen LogP contribution in [0.15, 0.2) is 29.2 Å². The summed E-state index contributed by atoms with van der Waals surface area (Å²) in [4.78, 5) is 1.23. The normalized spacial score (nSPS) is 14.9. The van der Waals surface area contributed by atoms with Crippen LogP contribution in [0.1, 0.15) is 25.5 Å². The van der Waals surface area contributed by atoms with Crippen molar-refractivity contribution in [2.75, 3.05) is 12.4 Å². The van der Waals surface area contributed by atoms with Crippen molar-refractivity contribution in [3.8, 4) is 0 Å². The summed E-state index contributed by atoms with van der Waals surface area (Å²) < 4.78 is 0. The van der Waals surface area contributed by atoms with Crippen molar-refractivity contribution in [2.24, 2.45) is 11.7 Å². The molecule has 0 fully saturated rings. The van der Waals surface area contributed by atoms with Crippen molar-refractivity contribution in [1.29, 1.82) is 0 Å². The zero-order valence-electron chi connectivity index (χ0n) is 9.31. The molecule has 1 unspecified atom stereocenters. The molecular weight excluding hydrogens is 206 g/mol. The highest BCUT2D eigenvalue weighted by molar-refractivity contribution is 7.99. The van der Waals surface area contributed by atoms with Crippen LogP contribution in [0.3, 0.4) is 0 Å². The van der Waals surface area contributed by atoms with E-state index in [0.717, 1.165) is 5.75 Å². The molecule has 3 N–H and O–H groups in total. The van der Waals surface area contributed by atoms with E-state index in [1.54, 1.807) is 11.8 Å². The maximum atomic E-state index is 8.95. The third-order valence-electron chi connectivity index (χ3n) is 2.24. The SMILES string of the molecule is CC(CO)CSc1ccccc1[C@@H](C)N. The molecular formula is C12H19NOS. The molecule has 2 nitrogen and oxygen atoms in total. The maximum Gasteiger partial charge on any atom is 0.0464 e. The lowest BCUT2D eigenvalue weighted by molar-refractivity contribution is 0.250. The van der Waals surface area contributed by atoms with Gasteiger partial charge in [-0.1, -0.05) is 25.1 Å². The summed E-state index contributed by atoms with van der Waals surface area (Å²) in [6.45, 7) is 4.28. The largest absolute Gasteiger partial charge is 0.396 e. The van der Waals surface area contributed by atoms with Gasteiger partial charge < -0.3 is 10.8 Å². The molecule has 0 saturated carbocycles. The Hall–Kier alpha value is -0.510. The molecule has 0 aliphatic carbocycles. The molecule has 0 aliphatic rings. The molecule has 0 radical (unpaired) electrons. The highest BCUT2D eigenvalue weighted by atomic mass is 32.2. The van der Waals surface area contributed by atoms with Gasteiger partial charge in [0.05, 0.1) is 0 Å². The number of aliphatic hydroxyl groups is 1. The van der Waals surface area contributed by atoms with Gasteiger partial charge in [-0.15, -0.1) is 11.8 Å². The second-order valence-electron chi connectivity index (χ2n) is 3.93. The van der Waals surface area contributed by atoms with E-state index < -0.39 is 0 Å². The topological polar surface area (TPSA) is 46.2 Å². The minimum Gasteiger partial charge on any atom is -0.396 e. The van der Waals surface area contributed by atoms with E-state index in [-0.39, 0.29) is 12.6 Å². The predicted octanol–water partition coefficient (Wildman–Crippen LogP) is 2.43. The van der Waals surface area contributed by atoms with Gasteiger partial charge in [-0.2, -0.15) is 0 Å². The van der Waals surface area contributed by atoms with Crippen LogP contribution in [0.4, 0.5) is 0 Å². The lowest BCUT2D eigenvalue weighted by atomic mass is 10.1. The molecule has 0 heterocycles. The van der Waals surface area contributed by atoms with Gasteiger partial charge >= 0.3 is 0 Å². The average Bonchev–Trinajstić information content (AvgIpc) is 2.26. The molecule has 3 heteroatoms. The van der Waals surface area contributed by atoms with Gasteiger partial charge in [0, 0.05) is 23.3 Å². The molecule has 0 bridgehead atoms. The minimum atomic E-state index is 0.0677. The van der Waals surface area contributed by atoms with Gasteiger partial charge in [-0.05, 0) is 24.5 Å². The Balaban J connectivity index is 2.67. The van der Waals surface area contributed by atoms with E-state index in [0.29, 0.717) is 5.92 Å². The number of nitrogens with two attached hydrogens (primary N) is 1. The van der Waals surface area contributed by atoms with E-state index in [2.05, 4.69) is 12.1 Å². The first-order valence-corrected chi connectivity index (χ1v) is 6.22. The van der Waals surface area contributed by atoms with Crippen molar-refractivity contribution < 1.29 is 5.11 Å². The Labute approximate surface area is 95.9 Å². The fourth-order valence-electron chi connectivity index (χ4n) is 1.27. The summed E-state index contributed by atoms with van der Waals surface area (Å²) in [6.07, 6.45) is 0. The third-order valence-corrected chi connectivity index (χ3v) is 3.66. The fraction of sp³-hybridized carbons (Fsp3) is 0.500. The van der Waals surface area contributed by atoms with E-state index in [4.69, 9.17) is 10.8 Å². The molecule has 1 aromatic rings. The number of rotatable bonds is 5. The fourth-order valence-corrected chi connectivity index (χ4v) is 2.44. The zero-order chi connectivity index (χ0) is 11.3. The summed E-state index contributed by atoms with van der Waals surface area (Å²) in [6, 6.07) is 8.26. The first-order valence-electron chi connectivity index (χ1n) is 5.23. The Morgan fingerprint density at radius 2 is 2.00 bits per heavy atom. The van der Waals surface area contributed by atoms with Crippen molar-refractivity contribution >= 4 is 11.8 Å². The molecule has 0 aliphatic heterocycles. The Bertz CT molecular complexity index is 301. The molecule has 0 amide bonds. The standard InChI is InChI=1S/C12H19NOS/c1-9(7-14)8-15-12-6-4-3-5-11(12)10(2)13/h3-6,9-10,14H,7-8,13H2,1-2H3/t9?,10-/m1/s1. The summed E-state index contributed by atoms with van der Waals surface area (Å²) in [5.41, 5.74) is 7.08. The van der Waals surface area contributed by atoms with Crippen LogP contribution in [0.2, 0.25) is 0 Å². The van der Waals surface area contributed by atoms with Crippen molar-refractivity contribution in [3.05, 3.63) is 29.8 Å². The highest BCUT2D eigenvalue weighted by Crippen LogP contribution is 2.27. The molecule has 15 heavy (non-hydrogen) atoms. The second-order valence-corrected chi connectivity index (χ2v) is 4.99. The van der Waals surface area contributed by atoms with Gasteiger partial charge in [-0.3, -0.25) is 0 Å². The summed E-state index contributed by atoms with van der Waals surface area (Å²) in [5.74, 6) is 1.26. The van der Waals surface area contributed by atoms with Gasteiger partial charge in [0.1, 0.15) is 0 Å². The summed E-state index contributed by atoms with van der Waals surface area (Å²) in [5, 5.41) is 8.95. The first-order chi connectivity index (χ1) is 7.15. The van der Waals surface area contributed by atoms with E-state index in [1.165, 1.54) is 10.5 Å². The van der Waals surface area contributed by atoms with Crippen molar-refractivity contribution in [2.45, 2.75) is 24.8 Å². The molecule has 0 aromatic heterocycles. The lowest BCUT2D eigenvalue weighted by Crippen LogP contribution is -2.08. The van der Waals surface area contributed by atoms with Gasteiger partial charge in [0.15, 0.2) is 0 Å². The molecule has 0 spiro atoms. The van der Waals surface area contributed by atoms with Crippen LogP contribution < -0.4 is 5.73 Å². The Kier molecular flexibility index (Phi) is 5.15. The molecule has 1 aromatic carbocycles. The average molecular weight is 225 g/mol. The van der Waals surface area contributed by atoms with E-state index in [9.17, 15) is 0 Å². The number of hydrogen-bond donors (Lipinski definition) is 2. The molecule has 2 atom stereocenters. The lowest BCUT2D eigenvalue weighted by Gasteiger charge is -2.13. The highest BCUT2D eigenvalue weighted by Gasteiger charge is 2.08. The van der Waals surface area contributed by atoms with Crippen LogP contribution in [0.5, 0.6) is 0 Å². The van der Waals surface area contributed by atoms with E-state index in [1.807, 2.05) is 26.0 Å². The van der Waals surface area contributed by atoms with Gasteiger partial charge in [0.2, 0.25) is 0 Å². The molecule has 1 rings (SSSR count). The Morgan fingerprint density at radius 1 is 1.33 bits per heavy atom. The third kappa shape index (κ3) is 3.86. The zero-order valence-corrected chi connectivity index (χ0v) is 10.1. The molecule has 0 saturated heterocycles. The number of benzene rings is 1. The number of hydrogen-bond acceptors (Lipinski definition) is 3. The monoisotopic (exact) mass is 225 g/mol. The smallest absolute Gasteiger partial charge is 0.0464 e. The number of thioether (sulfide) groups is 1. The molecule has 84 valence electrons. The summed E-state index contributed by atoms with van der Waals surface area (Å²) in [7, 11) is 0. The summed E-state index contributed by atoms with van der Waals surface area (Å²) >= 11 is 1.77. The quantitative estimate of drug-likeness (QED) is 0.757. The maximum absolute atomic E-state index is 8.95. The predicted molar refractivity (Wildman–Crippen MR) is 66.0 cm³/mol. The van der Waals surface area contributed by atoms with Crippen molar-refractivity contribution in [1.82, 2.24) is 0 Å². The van der Waals surface area contributed by atoms with Crippen LogP contribution in [0.25, 0.3) is 0 Å². The van der Waals surface area contributed by atoms with Crippen LogP contribution in [-0.2, 0) is 0 Å². The van der Waals surface area contributed by atoms with Gasteiger partial charge in [-0.25, -0.2) is 0 Å². The minimum absolute atomic E-state index is 0.0677. The van der Waals surface area contributed by atoms with Gasteiger partial charge in [0.25, 0.3) is 0 Å². The number of aliphatic hydroxyl groups excluding tert-OH is 1. The Morgan fingerprint density at radius 3 is 2.60 bits per heavy atom.